The highest BCUT2D eigenvalue weighted by atomic mass is 19.4. The van der Waals surface area contributed by atoms with Gasteiger partial charge in [-0.15, -0.1) is 0 Å². The number of nitrogens with two attached hydrogens (primary N) is 1. The molecule has 3 N–H and O–H groups in total. The maximum atomic E-state index is 12.6. The van der Waals surface area contributed by atoms with Crippen LogP contribution in [-0.2, 0) is 0 Å². The van der Waals surface area contributed by atoms with Crippen LogP contribution in [0.15, 0.2) is 0 Å². The third kappa shape index (κ3) is 1.39. The van der Waals surface area contributed by atoms with Crippen molar-refractivity contribution in [1.29, 1.82) is 0 Å². The summed E-state index contributed by atoms with van der Waals surface area (Å²) < 4.78 is 60.4. The predicted octanol–water partition coefficient (Wildman–Crippen LogP) is 1.04. The Morgan fingerprint density at radius 3 is 1.77 bits per heavy atom. The molecule has 1 rings (SSSR count). The maximum Gasteiger partial charge on any atom is 0.455 e. The molecule has 0 heterocycles. The summed E-state index contributed by atoms with van der Waals surface area (Å²) in [5.41, 5.74) is 2.19. The number of aliphatic hydroxyl groups excluding tert-OH is 1. The van der Waals surface area contributed by atoms with Gasteiger partial charge in [0.15, 0.2) is 0 Å². The molecule has 0 amide bonds. The molecule has 0 aromatic carbocycles. The molecule has 0 unspecified atom stereocenters. The molecular formula is C6H8F5NO. The lowest BCUT2D eigenvalue weighted by atomic mass is 9.70. The Morgan fingerprint density at radius 1 is 1.15 bits per heavy atom. The minimum Gasteiger partial charge on any atom is -0.393 e. The van der Waals surface area contributed by atoms with Gasteiger partial charge in [-0.05, 0) is 12.8 Å². The topological polar surface area (TPSA) is 46.2 Å². The molecule has 0 aliphatic heterocycles. The molecule has 78 valence electrons. The van der Waals surface area contributed by atoms with Gasteiger partial charge < -0.3 is 10.8 Å². The van der Waals surface area contributed by atoms with E-state index in [1.165, 1.54) is 0 Å². The zero-order valence-corrected chi connectivity index (χ0v) is 6.41. The second-order valence-corrected chi connectivity index (χ2v) is 3.29. The van der Waals surface area contributed by atoms with Crippen LogP contribution in [0.1, 0.15) is 12.8 Å². The van der Waals surface area contributed by atoms with Crippen LogP contribution in [0.3, 0.4) is 0 Å². The fourth-order valence-electron chi connectivity index (χ4n) is 1.32. The Bertz CT molecular complexity index is 208. The van der Waals surface area contributed by atoms with E-state index in [1.54, 1.807) is 0 Å². The van der Waals surface area contributed by atoms with Crippen LogP contribution < -0.4 is 5.73 Å². The van der Waals surface area contributed by atoms with Crippen LogP contribution in [0.25, 0.3) is 0 Å². The Labute approximate surface area is 70.5 Å². The van der Waals surface area contributed by atoms with Crippen LogP contribution >= 0.6 is 0 Å². The quantitative estimate of drug-likeness (QED) is 0.628. The van der Waals surface area contributed by atoms with Crippen molar-refractivity contribution in [2.45, 2.75) is 36.6 Å². The van der Waals surface area contributed by atoms with E-state index in [9.17, 15) is 22.0 Å². The molecule has 0 atom stereocenters. The monoisotopic (exact) mass is 205 g/mol. The normalized spacial score (nSPS) is 35.8. The van der Waals surface area contributed by atoms with Gasteiger partial charge in [0.2, 0.25) is 0 Å². The first-order valence-corrected chi connectivity index (χ1v) is 3.52. The van der Waals surface area contributed by atoms with Crippen LogP contribution in [0.4, 0.5) is 22.0 Å². The molecule has 0 aromatic rings. The lowest BCUT2D eigenvalue weighted by molar-refractivity contribution is -0.323. The molecule has 1 aliphatic rings. The fraction of sp³-hybridized carbons (Fsp3) is 1.00. The first kappa shape index (κ1) is 10.6. The van der Waals surface area contributed by atoms with Gasteiger partial charge in [-0.3, -0.25) is 0 Å². The summed E-state index contributed by atoms with van der Waals surface area (Å²) in [7, 11) is 0. The average Bonchev–Trinajstić information content (AvgIpc) is 1.81. The number of hydrogen-bond donors (Lipinski definition) is 2. The van der Waals surface area contributed by atoms with Crippen LogP contribution in [-0.4, -0.2) is 28.8 Å². The number of rotatable bonds is 1. The Balaban J connectivity index is 2.82. The summed E-state index contributed by atoms with van der Waals surface area (Å²) in [5.74, 6) is -4.93. The molecule has 7 heteroatoms. The number of aliphatic hydroxyl groups is 1. The van der Waals surface area contributed by atoms with Gasteiger partial charge in [0.05, 0.1) is 11.6 Å². The number of halogens is 5. The molecule has 13 heavy (non-hydrogen) atoms. The smallest absolute Gasteiger partial charge is 0.393 e. The molecule has 1 fully saturated rings. The van der Waals surface area contributed by atoms with E-state index in [1.807, 2.05) is 0 Å². The van der Waals surface area contributed by atoms with Crippen molar-refractivity contribution in [3.63, 3.8) is 0 Å². The van der Waals surface area contributed by atoms with Crippen LogP contribution in [0.5, 0.6) is 0 Å². The molecule has 0 saturated heterocycles. The highest BCUT2D eigenvalue weighted by Gasteiger charge is 2.71. The Hall–Kier alpha value is -0.430. The van der Waals surface area contributed by atoms with E-state index in [2.05, 4.69) is 0 Å². The second kappa shape index (κ2) is 2.54. The van der Waals surface area contributed by atoms with Crippen molar-refractivity contribution >= 4 is 0 Å². The first-order valence-electron chi connectivity index (χ1n) is 3.52. The highest BCUT2D eigenvalue weighted by molar-refractivity contribution is 5.10. The lowest BCUT2D eigenvalue weighted by Crippen LogP contribution is -2.70. The summed E-state index contributed by atoms with van der Waals surface area (Å²) in [6.07, 6.45) is -8.25. The molecule has 0 spiro atoms. The van der Waals surface area contributed by atoms with Crippen LogP contribution in [0, 0.1) is 0 Å². The summed E-state index contributed by atoms with van der Waals surface area (Å²) in [4.78, 5) is 0. The molecule has 2 nitrogen and oxygen atoms in total. The number of hydrogen-bond acceptors (Lipinski definition) is 2. The highest BCUT2D eigenvalue weighted by Crippen LogP contribution is 2.50. The van der Waals surface area contributed by atoms with E-state index in [0.717, 1.165) is 0 Å². The Kier molecular flexibility index (Phi) is 2.08. The minimum absolute atomic E-state index is 0.723. The molecule has 0 bridgehead atoms. The molecule has 1 saturated carbocycles. The standard InChI is InChI=1S/C6H8F5NO/c7-5(8,6(9,10)11)4(12)1-3(13)2-4/h3,13H,1-2,12H2. The molecule has 0 radical (unpaired) electrons. The van der Waals surface area contributed by atoms with Crippen molar-refractivity contribution in [1.82, 2.24) is 0 Å². The third-order valence-electron chi connectivity index (χ3n) is 2.18. The molecule has 1 aliphatic carbocycles. The Morgan fingerprint density at radius 2 is 1.54 bits per heavy atom. The average molecular weight is 205 g/mol. The van der Waals surface area contributed by atoms with Gasteiger partial charge >= 0.3 is 12.1 Å². The maximum absolute atomic E-state index is 12.6. The zero-order chi connectivity index (χ0) is 10.5. The lowest BCUT2D eigenvalue weighted by Gasteiger charge is -2.47. The van der Waals surface area contributed by atoms with Gasteiger partial charge in [-0.1, -0.05) is 0 Å². The van der Waals surface area contributed by atoms with E-state index < -0.39 is 36.6 Å². The largest absolute Gasteiger partial charge is 0.455 e. The van der Waals surface area contributed by atoms with Crippen molar-refractivity contribution < 1.29 is 27.1 Å². The van der Waals surface area contributed by atoms with E-state index in [0.29, 0.717) is 0 Å². The van der Waals surface area contributed by atoms with Crippen molar-refractivity contribution in [3.8, 4) is 0 Å². The van der Waals surface area contributed by atoms with Crippen molar-refractivity contribution in [2.24, 2.45) is 5.73 Å². The summed E-state index contributed by atoms with van der Waals surface area (Å²) in [6.45, 7) is 0. The summed E-state index contributed by atoms with van der Waals surface area (Å²) >= 11 is 0. The summed E-state index contributed by atoms with van der Waals surface area (Å²) in [5, 5.41) is 8.63. The first-order chi connectivity index (χ1) is 5.60. The zero-order valence-electron chi connectivity index (χ0n) is 6.41. The third-order valence-corrected chi connectivity index (χ3v) is 2.18. The van der Waals surface area contributed by atoms with Gasteiger partial charge in [-0.25, -0.2) is 0 Å². The van der Waals surface area contributed by atoms with Gasteiger partial charge in [0.1, 0.15) is 0 Å². The van der Waals surface area contributed by atoms with Gasteiger partial charge in [-0.2, -0.15) is 22.0 Å². The fourth-order valence-corrected chi connectivity index (χ4v) is 1.32. The SMILES string of the molecule is NC1(C(F)(F)C(F)(F)F)CC(O)C1. The molecule has 0 aromatic heterocycles. The molecular weight excluding hydrogens is 197 g/mol. The van der Waals surface area contributed by atoms with Crippen LogP contribution in [0.2, 0.25) is 0 Å². The second-order valence-electron chi connectivity index (χ2n) is 3.29. The number of alkyl halides is 5. The minimum atomic E-state index is -5.65. The summed E-state index contributed by atoms with van der Waals surface area (Å²) in [6, 6.07) is 0. The van der Waals surface area contributed by atoms with Crippen molar-refractivity contribution in [3.05, 3.63) is 0 Å². The predicted molar refractivity (Wildman–Crippen MR) is 33.2 cm³/mol. The van der Waals surface area contributed by atoms with Crippen molar-refractivity contribution in [2.75, 3.05) is 0 Å². The van der Waals surface area contributed by atoms with E-state index >= 15 is 0 Å². The van der Waals surface area contributed by atoms with E-state index in [-0.39, 0.29) is 0 Å². The van der Waals surface area contributed by atoms with Gasteiger partial charge in [0.25, 0.3) is 0 Å². The van der Waals surface area contributed by atoms with Gasteiger partial charge in [0, 0.05) is 0 Å². The van der Waals surface area contributed by atoms with E-state index in [4.69, 9.17) is 10.8 Å².